The highest BCUT2D eigenvalue weighted by Crippen LogP contribution is 2.57. The average molecular weight is 444 g/mol. The molecule has 2 aromatic carbocycles. The fraction of sp³-hybridized carbons (Fsp3) is 0.538. The first-order valence-electron chi connectivity index (χ1n) is 11.4. The molecule has 168 valence electrons. The number of hydrogen-bond donors (Lipinski definition) is 1. The van der Waals surface area contributed by atoms with Crippen LogP contribution in [0, 0.1) is 17.2 Å². The predicted octanol–water partition coefficient (Wildman–Crippen LogP) is 5.94. The van der Waals surface area contributed by atoms with Gasteiger partial charge in [-0.25, -0.2) is 17.5 Å². The van der Waals surface area contributed by atoms with Crippen LogP contribution in [0.2, 0.25) is 0 Å². The minimum Gasteiger partial charge on any atom is -0.211 e. The van der Waals surface area contributed by atoms with E-state index in [9.17, 15) is 12.8 Å². The first-order chi connectivity index (χ1) is 14.6. The van der Waals surface area contributed by atoms with Crippen molar-refractivity contribution >= 4 is 10.0 Å². The van der Waals surface area contributed by atoms with Gasteiger partial charge in [-0.3, -0.25) is 0 Å². The van der Waals surface area contributed by atoms with E-state index in [1.807, 2.05) is 0 Å². The number of rotatable bonds is 5. The van der Waals surface area contributed by atoms with Gasteiger partial charge in [-0.15, -0.1) is 0 Å². The molecule has 3 atom stereocenters. The number of benzene rings is 2. The summed E-state index contributed by atoms with van der Waals surface area (Å²) in [6, 6.07) is 12.2. The summed E-state index contributed by atoms with van der Waals surface area (Å²) in [7, 11) is -3.74. The Morgan fingerprint density at radius 2 is 1.90 bits per heavy atom. The summed E-state index contributed by atoms with van der Waals surface area (Å²) in [5.41, 5.74) is 4.23. The van der Waals surface area contributed by atoms with Gasteiger partial charge in [0.25, 0.3) is 0 Å². The first-order valence-corrected chi connectivity index (χ1v) is 12.9. The third-order valence-corrected chi connectivity index (χ3v) is 9.34. The minimum atomic E-state index is -3.74. The lowest BCUT2D eigenvalue weighted by Gasteiger charge is -2.55. The highest BCUT2D eigenvalue weighted by atomic mass is 32.2. The number of aryl methyl sites for hydroxylation is 1. The van der Waals surface area contributed by atoms with Gasteiger partial charge >= 0.3 is 0 Å². The van der Waals surface area contributed by atoms with Crippen LogP contribution in [0.25, 0.3) is 0 Å². The van der Waals surface area contributed by atoms with E-state index < -0.39 is 15.8 Å². The van der Waals surface area contributed by atoms with Gasteiger partial charge in [-0.05, 0) is 83.2 Å². The fourth-order valence-corrected chi connectivity index (χ4v) is 7.40. The second-order valence-corrected chi connectivity index (χ2v) is 12.1. The number of halogens is 1. The van der Waals surface area contributed by atoms with Crippen LogP contribution in [0.15, 0.2) is 47.4 Å². The van der Waals surface area contributed by atoms with Gasteiger partial charge in [0.2, 0.25) is 10.0 Å². The van der Waals surface area contributed by atoms with Crippen LogP contribution in [0.3, 0.4) is 0 Å². The molecule has 0 heterocycles. The Hall–Kier alpha value is -1.72. The van der Waals surface area contributed by atoms with Crippen molar-refractivity contribution in [3.05, 3.63) is 65.0 Å². The molecule has 0 bridgehead atoms. The van der Waals surface area contributed by atoms with Crippen LogP contribution in [-0.4, -0.2) is 15.0 Å². The van der Waals surface area contributed by atoms with E-state index in [0.717, 1.165) is 38.2 Å². The number of fused-ring (bicyclic) bond motifs is 3. The van der Waals surface area contributed by atoms with E-state index in [-0.39, 0.29) is 15.7 Å². The Morgan fingerprint density at radius 3 is 2.61 bits per heavy atom. The molecular formula is C26H34FNO2S. The van der Waals surface area contributed by atoms with E-state index in [1.165, 1.54) is 34.9 Å². The van der Waals surface area contributed by atoms with Gasteiger partial charge in [0.15, 0.2) is 0 Å². The lowest BCUT2D eigenvalue weighted by Crippen LogP contribution is -2.53. The predicted molar refractivity (Wildman–Crippen MR) is 123 cm³/mol. The van der Waals surface area contributed by atoms with Crippen LogP contribution in [-0.2, 0) is 21.9 Å². The molecule has 0 radical (unpaired) electrons. The molecule has 0 aliphatic heterocycles. The summed E-state index contributed by atoms with van der Waals surface area (Å²) in [4.78, 5) is -0.00937. The van der Waals surface area contributed by atoms with E-state index in [2.05, 4.69) is 50.6 Å². The molecule has 2 aliphatic rings. The summed E-state index contributed by atoms with van der Waals surface area (Å²) in [5, 5.41) is 0. The molecule has 0 amide bonds. The lowest BCUT2D eigenvalue weighted by molar-refractivity contribution is 0.0299. The quantitative estimate of drug-likeness (QED) is 0.622. The molecule has 5 heteroatoms. The molecule has 1 N–H and O–H groups in total. The van der Waals surface area contributed by atoms with Gasteiger partial charge in [0.1, 0.15) is 5.82 Å². The monoisotopic (exact) mass is 443 g/mol. The SMILES string of the molecule is CC(C)c1ccc2c(c1)CC[C@H]1[C@](C)(CNS(=O)(=O)c3cccc(F)c3)CCC[C@]21C. The van der Waals surface area contributed by atoms with Crippen molar-refractivity contribution in [2.75, 3.05) is 6.54 Å². The highest BCUT2D eigenvalue weighted by Gasteiger charge is 2.51. The van der Waals surface area contributed by atoms with E-state index >= 15 is 0 Å². The summed E-state index contributed by atoms with van der Waals surface area (Å²) < 4.78 is 42.0. The molecule has 0 saturated heterocycles. The van der Waals surface area contributed by atoms with Crippen molar-refractivity contribution in [2.24, 2.45) is 11.3 Å². The minimum absolute atomic E-state index is 0.00937. The first kappa shape index (κ1) is 22.5. The molecule has 2 aliphatic carbocycles. The van der Waals surface area contributed by atoms with Gasteiger partial charge in [0.05, 0.1) is 4.90 Å². The second kappa shape index (κ2) is 8.00. The smallest absolute Gasteiger partial charge is 0.211 e. The zero-order valence-corrected chi connectivity index (χ0v) is 19.9. The second-order valence-electron chi connectivity index (χ2n) is 10.4. The largest absolute Gasteiger partial charge is 0.240 e. The summed E-state index contributed by atoms with van der Waals surface area (Å²) in [6.07, 6.45) is 5.33. The molecule has 2 aromatic rings. The molecular weight excluding hydrogens is 409 g/mol. The molecule has 1 saturated carbocycles. The molecule has 0 unspecified atom stereocenters. The maximum absolute atomic E-state index is 13.6. The fourth-order valence-electron chi connectivity index (χ4n) is 6.19. The maximum atomic E-state index is 13.6. The zero-order chi connectivity index (χ0) is 22.4. The Bertz CT molecular complexity index is 1080. The molecule has 3 nitrogen and oxygen atoms in total. The topological polar surface area (TPSA) is 46.2 Å². The average Bonchev–Trinajstić information content (AvgIpc) is 2.72. The normalized spacial score (nSPS) is 28.3. The molecule has 31 heavy (non-hydrogen) atoms. The lowest BCUT2D eigenvalue weighted by atomic mass is 9.50. The van der Waals surface area contributed by atoms with E-state index in [0.29, 0.717) is 18.4 Å². The highest BCUT2D eigenvalue weighted by molar-refractivity contribution is 7.89. The van der Waals surface area contributed by atoms with Crippen LogP contribution in [0.4, 0.5) is 4.39 Å². The van der Waals surface area contributed by atoms with Crippen molar-refractivity contribution in [3.8, 4) is 0 Å². The number of hydrogen-bond acceptors (Lipinski definition) is 2. The van der Waals surface area contributed by atoms with Crippen molar-refractivity contribution in [1.82, 2.24) is 4.72 Å². The Kier molecular flexibility index (Phi) is 5.80. The van der Waals surface area contributed by atoms with Gasteiger partial charge < -0.3 is 0 Å². The number of sulfonamides is 1. The molecule has 1 fully saturated rings. The van der Waals surface area contributed by atoms with E-state index in [1.54, 1.807) is 0 Å². The van der Waals surface area contributed by atoms with Crippen LogP contribution in [0.1, 0.15) is 76.0 Å². The molecule has 0 spiro atoms. The summed E-state index contributed by atoms with van der Waals surface area (Å²) in [5.74, 6) is 0.384. The van der Waals surface area contributed by atoms with E-state index in [4.69, 9.17) is 0 Å². The summed E-state index contributed by atoms with van der Waals surface area (Å²) in [6.45, 7) is 9.46. The van der Waals surface area contributed by atoms with Gasteiger partial charge in [-0.2, -0.15) is 0 Å². The Labute approximate surface area is 186 Å². The van der Waals surface area contributed by atoms with Crippen LogP contribution in [0.5, 0.6) is 0 Å². The Balaban J connectivity index is 1.60. The Morgan fingerprint density at radius 1 is 1.13 bits per heavy atom. The van der Waals surface area contributed by atoms with Crippen molar-refractivity contribution in [2.45, 2.75) is 76.0 Å². The van der Waals surface area contributed by atoms with Crippen molar-refractivity contribution in [1.29, 1.82) is 0 Å². The molecule has 4 rings (SSSR count). The third kappa shape index (κ3) is 4.07. The summed E-state index contributed by atoms with van der Waals surface area (Å²) >= 11 is 0. The zero-order valence-electron chi connectivity index (χ0n) is 19.0. The molecule has 0 aromatic heterocycles. The third-order valence-electron chi connectivity index (χ3n) is 7.94. The van der Waals surface area contributed by atoms with Crippen molar-refractivity contribution in [3.63, 3.8) is 0 Å². The van der Waals surface area contributed by atoms with Gasteiger partial charge in [-0.1, -0.05) is 58.4 Å². The van der Waals surface area contributed by atoms with Crippen molar-refractivity contribution < 1.29 is 12.8 Å². The van der Waals surface area contributed by atoms with Gasteiger partial charge in [0, 0.05) is 6.54 Å². The maximum Gasteiger partial charge on any atom is 0.240 e. The van der Waals surface area contributed by atoms with Crippen LogP contribution < -0.4 is 4.72 Å². The number of nitrogens with one attached hydrogen (secondary N) is 1. The standard InChI is InChI=1S/C26H34FNO2S/c1-18(2)19-9-11-23-20(15-19)10-12-24-25(3,13-6-14-26(23,24)4)17-28-31(29,30)22-8-5-7-21(27)16-22/h5,7-9,11,15-16,18,24,28H,6,10,12-14,17H2,1-4H3/t24-,25-,26+/m0/s1. The van der Waals surface area contributed by atoms with Crippen LogP contribution >= 0.6 is 0 Å².